The second-order valence-corrected chi connectivity index (χ2v) is 5.85. The van der Waals surface area contributed by atoms with Gasteiger partial charge in [0.1, 0.15) is 0 Å². The molecule has 0 radical (unpaired) electrons. The van der Waals surface area contributed by atoms with Crippen LogP contribution in [0.25, 0.3) is 0 Å². The van der Waals surface area contributed by atoms with Crippen LogP contribution in [0.3, 0.4) is 0 Å². The van der Waals surface area contributed by atoms with Gasteiger partial charge in [0, 0.05) is 26.2 Å². The van der Waals surface area contributed by atoms with Gasteiger partial charge >= 0.3 is 0 Å². The molecule has 0 unspecified atom stereocenters. The summed E-state index contributed by atoms with van der Waals surface area (Å²) < 4.78 is 0. The summed E-state index contributed by atoms with van der Waals surface area (Å²) in [7, 11) is 0. The molecule has 24 heavy (non-hydrogen) atoms. The number of rotatable bonds is 5. The van der Waals surface area contributed by atoms with E-state index in [2.05, 4.69) is 5.32 Å². The Morgan fingerprint density at radius 2 is 1.62 bits per heavy atom. The summed E-state index contributed by atoms with van der Waals surface area (Å²) in [6.45, 7) is 3.81. The average Bonchev–Trinajstić information content (AvgIpc) is 2.61. The zero-order valence-electron chi connectivity index (χ0n) is 14.0. The summed E-state index contributed by atoms with van der Waals surface area (Å²) in [5, 5.41) is 2.47. The Labute approximate surface area is 141 Å². The number of hydrogen-bond acceptors (Lipinski definition) is 4. The quantitative estimate of drug-likeness (QED) is 0.744. The number of hydrogen-bond donors (Lipinski definition) is 2. The molecule has 1 aromatic carbocycles. The van der Waals surface area contributed by atoms with E-state index in [0.29, 0.717) is 32.6 Å². The molecule has 7 heteroatoms. The van der Waals surface area contributed by atoms with Crippen molar-refractivity contribution in [1.29, 1.82) is 0 Å². The minimum absolute atomic E-state index is 0.0484. The lowest BCUT2D eigenvalue weighted by molar-refractivity contribution is -0.139. The molecule has 7 nitrogen and oxygen atoms in total. The van der Waals surface area contributed by atoms with Crippen molar-refractivity contribution in [3.8, 4) is 0 Å². The molecule has 1 saturated heterocycles. The van der Waals surface area contributed by atoms with E-state index in [1.165, 1.54) is 0 Å². The molecular formula is C17H24N4O3. The Bertz CT molecular complexity index is 610. The molecule has 1 aliphatic heterocycles. The molecular weight excluding hydrogens is 308 g/mol. The summed E-state index contributed by atoms with van der Waals surface area (Å²) >= 11 is 0. The fraction of sp³-hybridized carbons (Fsp3) is 0.471. The van der Waals surface area contributed by atoms with Gasteiger partial charge in [-0.2, -0.15) is 0 Å². The maximum atomic E-state index is 12.4. The maximum Gasteiger partial charge on any atom is 0.242 e. The van der Waals surface area contributed by atoms with Crippen LogP contribution in [0.2, 0.25) is 0 Å². The van der Waals surface area contributed by atoms with Gasteiger partial charge in [0.2, 0.25) is 17.7 Å². The largest absolute Gasteiger partial charge is 0.346 e. The highest BCUT2D eigenvalue weighted by Crippen LogP contribution is 2.11. The summed E-state index contributed by atoms with van der Waals surface area (Å²) in [6.07, 6.45) is 0.382. The Morgan fingerprint density at radius 3 is 2.21 bits per heavy atom. The first-order valence-corrected chi connectivity index (χ1v) is 8.08. The van der Waals surface area contributed by atoms with Crippen LogP contribution in [0, 0.1) is 6.92 Å². The Kier molecular flexibility index (Phi) is 6.31. The highest BCUT2D eigenvalue weighted by molar-refractivity contribution is 5.85. The maximum absolute atomic E-state index is 12.4. The minimum Gasteiger partial charge on any atom is -0.346 e. The first-order chi connectivity index (χ1) is 11.5. The van der Waals surface area contributed by atoms with Gasteiger partial charge in [0.05, 0.1) is 19.5 Å². The van der Waals surface area contributed by atoms with Crippen molar-refractivity contribution in [2.45, 2.75) is 13.3 Å². The van der Waals surface area contributed by atoms with E-state index < -0.39 is 0 Å². The Balaban J connectivity index is 1.79. The number of benzene rings is 1. The second-order valence-electron chi connectivity index (χ2n) is 5.85. The SMILES string of the molecule is Cc1ccccc1CC(=O)N1CCN(C(=O)CNC(=O)CN)CC1. The van der Waals surface area contributed by atoms with Gasteiger partial charge in [0.15, 0.2) is 0 Å². The van der Waals surface area contributed by atoms with Gasteiger partial charge in [0.25, 0.3) is 0 Å². The molecule has 1 aliphatic rings. The number of nitrogens with zero attached hydrogens (tertiary/aromatic N) is 2. The zero-order chi connectivity index (χ0) is 17.5. The van der Waals surface area contributed by atoms with Crippen LogP contribution in [0.15, 0.2) is 24.3 Å². The van der Waals surface area contributed by atoms with Crippen molar-refractivity contribution in [2.24, 2.45) is 5.73 Å². The first kappa shape index (κ1) is 17.9. The molecule has 0 atom stereocenters. The van der Waals surface area contributed by atoms with Crippen molar-refractivity contribution in [3.05, 3.63) is 35.4 Å². The third-order valence-electron chi connectivity index (χ3n) is 4.21. The van der Waals surface area contributed by atoms with E-state index in [9.17, 15) is 14.4 Å². The zero-order valence-corrected chi connectivity index (χ0v) is 14.0. The number of piperazine rings is 1. The van der Waals surface area contributed by atoms with Gasteiger partial charge < -0.3 is 20.9 Å². The molecule has 0 aromatic heterocycles. The van der Waals surface area contributed by atoms with Crippen LogP contribution in [0.4, 0.5) is 0 Å². The van der Waals surface area contributed by atoms with Crippen LogP contribution in [-0.4, -0.2) is 66.8 Å². The normalized spacial score (nSPS) is 14.4. The molecule has 1 aromatic rings. The molecule has 3 amide bonds. The highest BCUT2D eigenvalue weighted by atomic mass is 16.2. The molecule has 130 valence electrons. The molecule has 1 heterocycles. The highest BCUT2D eigenvalue weighted by Gasteiger charge is 2.24. The molecule has 3 N–H and O–H groups in total. The number of carbonyl (C=O) groups is 3. The molecule has 0 saturated carbocycles. The van der Waals surface area contributed by atoms with E-state index >= 15 is 0 Å². The van der Waals surface area contributed by atoms with Gasteiger partial charge in [-0.15, -0.1) is 0 Å². The van der Waals surface area contributed by atoms with E-state index in [1.54, 1.807) is 9.80 Å². The predicted molar refractivity (Wildman–Crippen MR) is 90.1 cm³/mol. The average molecular weight is 332 g/mol. The Hall–Kier alpha value is -2.41. The van der Waals surface area contributed by atoms with Crippen molar-refractivity contribution in [1.82, 2.24) is 15.1 Å². The summed E-state index contributed by atoms with van der Waals surface area (Å²) in [5.74, 6) is -0.425. The number of nitrogens with two attached hydrogens (primary N) is 1. The van der Waals surface area contributed by atoms with Crippen molar-refractivity contribution >= 4 is 17.7 Å². The lowest BCUT2D eigenvalue weighted by Gasteiger charge is -2.35. The second kappa shape index (κ2) is 8.44. The standard InChI is InChI=1S/C17H24N4O3/c1-13-4-2-3-5-14(13)10-16(23)20-6-8-21(9-7-20)17(24)12-19-15(22)11-18/h2-5H,6-12,18H2,1H3,(H,19,22). The lowest BCUT2D eigenvalue weighted by atomic mass is 10.1. The van der Waals surface area contributed by atoms with E-state index in [0.717, 1.165) is 11.1 Å². The lowest BCUT2D eigenvalue weighted by Crippen LogP contribution is -2.53. The topological polar surface area (TPSA) is 95.7 Å². The number of nitrogens with one attached hydrogen (secondary N) is 1. The number of carbonyl (C=O) groups excluding carboxylic acids is 3. The van der Waals surface area contributed by atoms with E-state index in [4.69, 9.17) is 5.73 Å². The number of aryl methyl sites for hydroxylation is 1. The molecule has 0 spiro atoms. The molecule has 0 aliphatic carbocycles. The molecule has 0 bridgehead atoms. The van der Waals surface area contributed by atoms with Crippen LogP contribution in [0.5, 0.6) is 0 Å². The van der Waals surface area contributed by atoms with E-state index in [-0.39, 0.29) is 30.8 Å². The van der Waals surface area contributed by atoms with Gasteiger partial charge in [-0.1, -0.05) is 24.3 Å². The van der Waals surface area contributed by atoms with Crippen LogP contribution < -0.4 is 11.1 Å². The summed E-state index contributed by atoms with van der Waals surface area (Å²) in [4.78, 5) is 38.9. The monoisotopic (exact) mass is 332 g/mol. The van der Waals surface area contributed by atoms with Gasteiger partial charge in [-0.25, -0.2) is 0 Å². The third kappa shape index (κ3) is 4.79. The van der Waals surface area contributed by atoms with Crippen LogP contribution >= 0.6 is 0 Å². The van der Waals surface area contributed by atoms with Gasteiger partial charge in [-0.05, 0) is 18.1 Å². The fourth-order valence-electron chi connectivity index (χ4n) is 2.65. The fourth-order valence-corrected chi connectivity index (χ4v) is 2.65. The van der Waals surface area contributed by atoms with Gasteiger partial charge in [-0.3, -0.25) is 14.4 Å². The minimum atomic E-state index is -0.351. The predicted octanol–water partition coefficient (Wildman–Crippen LogP) is -0.717. The first-order valence-electron chi connectivity index (χ1n) is 8.08. The Morgan fingerprint density at radius 1 is 1.04 bits per heavy atom. The van der Waals surface area contributed by atoms with Crippen molar-refractivity contribution < 1.29 is 14.4 Å². The summed E-state index contributed by atoms with van der Waals surface area (Å²) in [5.41, 5.74) is 7.32. The number of amides is 3. The van der Waals surface area contributed by atoms with Crippen LogP contribution in [-0.2, 0) is 20.8 Å². The van der Waals surface area contributed by atoms with Crippen LogP contribution in [0.1, 0.15) is 11.1 Å². The summed E-state index contributed by atoms with van der Waals surface area (Å²) in [6, 6.07) is 7.85. The van der Waals surface area contributed by atoms with Crippen molar-refractivity contribution in [3.63, 3.8) is 0 Å². The smallest absolute Gasteiger partial charge is 0.242 e. The van der Waals surface area contributed by atoms with E-state index in [1.807, 2.05) is 31.2 Å². The molecule has 1 fully saturated rings. The third-order valence-corrected chi connectivity index (χ3v) is 4.21. The molecule has 2 rings (SSSR count). The van der Waals surface area contributed by atoms with Crippen molar-refractivity contribution in [2.75, 3.05) is 39.3 Å².